The lowest BCUT2D eigenvalue weighted by molar-refractivity contribution is -0.142. The van der Waals surface area contributed by atoms with Crippen LogP contribution in [-0.2, 0) is 11.3 Å². The van der Waals surface area contributed by atoms with Crippen molar-refractivity contribution < 1.29 is 19.4 Å². The van der Waals surface area contributed by atoms with Crippen LogP contribution < -0.4 is 9.47 Å². The SMILES string of the molecule is Cc1cc2c(cc1CN(C)C(C)C(=O)O)OCCO2. The number of aryl methyl sites for hydroxylation is 1. The average molecular weight is 265 g/mol. The molecular formula is C14H19NO4. The number of hydrogen-bond acceptors (Lipinski definition) is 4. The number of aliphatic carboxylic acids is 1. The Morgan fingerprint density at radius 3 is 2.53 bits per heavy atom. The molecule has 0 saturated heterocycles. The minimum Gasteiger partial charge on any atom is -0.486 e. The van der Waals surface area contributed by atoms with Gasteiger partial charge in [-0.15, -0.1) is 0 Å². The van der Waals surface area contributed by atoms with Gasteiger partial charge in [-0.3, -0.25) is 9.69 Å². The van der Waals surface area contributed by atoms with Crippen LogP contribution in [0.25, 0.3) is 0 Å². The van der Waals surface area contributed by atoms with E-state index < -0.39 is 12.0 Å². The Balaban J connectivity index is 2.18. The van der Waals surface area contributed by atoms with Crippen molar-refractivity contribution in [2.45, 2.75) is 26.4 Å². The number of carboxylic acid groups (broad SMARTS) is 1. The fourth-order valence-electron chi connectivity index (χ4n) is 2.00. The maximum Gasteiger partial charge on any atom is 0.320 e. The van der Waals surface area contributed by atoms with Crippen molar-refractivity contribution in [2.24, 2.45) is 0 Å². The summed E-state index contributed by atoms with van der Waals surface area (Å²) in [6.45, 7) is 5.36. The van der Waals surface area contributed by atoms with Crippen LogP contribution in [0.15, 0.2) is 12.1 Å². The van der Waals surface area contributed by atoms with Crippen LogP contribution in [0.1, 0.15) is 18.1 Å². The van der Waals surface area contributed by atoms with Gasteiger partial charge < -0.3 is 14.6 Å². The van der Waals surface area contributed by atoms with E-state index in [0.29, 0.717) is 19.8 Å². The summed E-state index contributed by atoms with van der Waals surface area (Å²) in [6.07, 6.45) is 0. The van der Waals surface area contributed by atoms with Crippen molar-refractivity contribution in [3.05, 3.63) is 23.3 Å². The number of benzene rings is 1. The topological polar surface area (TPSA) is 59.0 Å². The van der Waals surface area contributed by atoms with Gasteiger partial charge in [0.05, 0.1) is 0 Å². The maximum absolute atomic E-state index is 11.0. The van der Waals surface area contributed by atoms with Crippen LogP contribution in [-0.4, -0.2) is 42.3 Å². The van der Waals surface area contributed by atoms with E-state index >= 15 is 0 Å². The van der Waals surface area contributed by atoms with E-state index in [2.05, 4.69) is 0 Å². The van der Waals surface area contributed by atoms with Gasteiger partial charge in [0.25, 0.3) is 0 Å². The molecule has 0 spiro atoms. The smallest absolute Gasteiger partial charge is 0.320 e. The molecule has 0 aliphatic carbocycles. The highest BCUT2D eigenvalue weighted by atomic mass is 16.6. The quantitative estimate of drug-likeness (QED) is 0.897. The van der Waals surface area contributed by atoms with Crippen molar-refractivity contribution in [3.63, 3.8) is 0 Å². The van der Waals surface area contributed by atoms with Gasteiger partial charge >= 0.3 is 5.97 Å². The van der Waals surface area contributed by atoms with E-state index in [1.54, 1.807) is 18.9 Å². The van der Waals surface area contributed by atoms with Gasteiger partial charge in [0.15, 0.2) is 11.5 Å². The van der Waals surface area contributed by atoms with Crippen LogP contribution in [0, 0.1) is 6.92 Å². The minimum atomic E-state index is -0.822. The Bertz CT molecular complexity index is 487. The predicted molar refractivity (Wildman–Crippen MR) is 70.7 cm³/mol. The van der Waals surface area contributed by atoms with E-state index in [1.165, 1.54) is 0 Å². The largest absolute Gasteiger partial charge is 0.486 e. The summed E-state index contributed by atoms with van der Waals surface area (Å²) in [4.78, 5) is 12.8. The molecule has 0 amide bonds. The molecule has 1 aliphatic rings. The number of nitrogens with zero attached hydrogens (tertiary/aromatic N) is 1. The predicted octanol–water partition coefficient (Wildman–Crippen LogP) is 1.67. The molecule has 1 aromatic carbocycles. The second kappa shape index (κ2) is 5.48. The van der Waals surface area contributed by atoms with E-state index in [1.807, 2.05) is 19.1 Å². The second-order valence-electron chi connectivity index (χ2n) is 4.85. The van der Waals surface area contributed by atoms with Gasteiger partial charge in [0.1, 0.15) is 19.3 Å². The zero-order valence-corrected chi connectivity index (χ0v) is 11.5. The normalized spacial score (nSPS) is 15.4. The van der Waals surface area contributed by atoms with Gasteiger partial charge in [-0.1, -0.05) is 0 Å². The first-order valence-electron chi connectivity index (χ1n) is 6.31. The van der Waals surface area contributed by atoms with Crippen LogP contribution in [0.4, 0.5) is 0 Å². The van der Waals surface area contributed by atoms with Gasteiger partial charge in [0.2, 0.25) is 0 Å². The fraction of sp³-hybridized carbons (Fsp3) is 0.500. The first kappa shape index (κ1) is 13.7. The lowest BCUT2D eigenvalue weighted by Crippen LogP contribution is -2.35. The van der Waals surface area contributed by atoms with Gasteiger partial charge in [-0.05, 0) is 44.2 Å². The molecule has 0 radical (unpaired) electrons. The molecule has 0 aromatic heterocycles. The number of ether oxygens (including phenoxy) is 2. The molecule has 0 fully saturated rings. The molecule has 1 unspecified atom stereocenters. The molecule has 1 atom stereocenters. The number of rotatable bonds is 4. The molecule has 1 aliphatic heterocycles. The van der Waals surface area contributed by atoms with Crippen LogP contribution in [0.2, 0.25) is 0 Å². The highest BCUT2D eigenvalue weighted by Crippen LogP contribution is 2.33. The third kappa shape index (κ3) is 2.98. The Hall–Kier alpha value is -1.75. The molecule has 19 heavy (non-hydrogen) atoms. The van der Waals surface area contributed by atoms with Crippen molar-refractivity contribution in [2.75, 3.05) is 20.3 Å². The van der Waals surface area contributed by atoms with E-state index in [9.17, 15) is 4.79 Å². The van der Waals surface area contributed by atoms with Crippen LogP contribution >= 0.6 is 0 Å². The summed E-state index contributed by atoms with van der Waals surface area (Å²) in [5.74, 6) is 0.683. The molecule has 104 valence electrons. The number of hydrogen-bond donors (Lipinski definition) is 1. The monoisotopic (exact) mass is 265 g/mol. The summed E-state index contributed by atoms with van der Waals surface area (Å²) in [5.41, 5.74) is 2.13. The molecule has 1 aromatic rings. The van der Waals surface area contributed by atoms with Crippen molar-refractivity contribution in [3.8, 4) is 11.5 Å². The molecule has 0 saturated carbocycles. The summed E-state index contributed by atoms with van der Waals surface area (Å²) >= 11 is 0. The number of likely N-dealkylation sites (N-methyl/N-ethyl adjacent to an activating group) is 1. The number of fused-ring (bicyclic) bond motifs is 1. The van der Waals surface area contributed by atoms with Crippen molar-refractivity contribution >= 4 is 5.97 Å². The molecule has 2 rings (SSSR count). The highest BCUT2D eigenvalue weighted by Gasteiger charge is 2.19. The molecule has 5 heteroatoms. The third-order valence-corrected chi connectivity index (χ3v) is 3.44. The molecule has 5 nitrogen and oxygen atoms in total. The second-order valence-corrected chi connectivity index (χ2v) is 4.85. The average Bonchev–Trinajstić information content (AvgIpc) is 2.38. The zero-order chi connectivity index (χ0) is 14.0. The lowest BCUT2D eigenvalue weighted by atomic mass is 10.1. The lowest BCUT2D eigenvalue weighted by Gasteiger charge is -2.24. The van der Waals surface area contributed by atoms with Crippen molar-refractivity contribution in [1.82, 2.24) is 4.90 Å². The molecular weight excluding hydrogens is 246 g/mol. The number of carbonyl (C=O) groups is 1. The fourth-order valence-corrected chi connectivity index (χ4v) is 2.00. The Kier molecular flexibility index (Phi) is 3.95. The molecule has 1 N–H and O–H groups in total. The van der Waals surface area contributed by atoms with Gasteiger partial charge in [0, 0.05) is 6.54 Å². The summed E-state index contributed by atoms with van der Waals surface area (Å²) in [5, 5.41) is 9.01. The summed E-state index contributed by atoms with van der Waals surface area (Å²) in [6, 6.07) is 3.37. The third-order valence-electron chi connectivity index (χ3n) is 3.44. The Labute approximate surface area is 112 Å². The van der Waals surface area contributed by atoms with Crippen molar-refractivity contribution in [1.29, 1.82) is 0 Å². The Morgan fingerprint density at radius 1 is 1.37 bits per heavy atom. The summed E-state index contributed by atoms with van der Waals surface area (Å²) < 4.78 is 11.1. The van der Waals surface area contributed by atoms with Gasteiger partial charge in [-0.25, -0.2) is 0 Å². The zero-order valence-electron chi connectivity index (χ0n) is 11.5. The van der Waals surface area contributed by atoms with E-state index in [-0.39, 0.29) is 0 Å². The standard InChI is InChI=1S/C14H19NO4/c1-9-6-12-13(19-5-4-18-12)7-11(9)8-15(3)10(2)14(16)17/h6-7,10H,4-5,8H2,1-3H3,(H,16,17). The van der Waals surface area contributed by atoms with Gasteiger partial charge in [-0.2, -0.15) is 0 Å². The highest BCUT2D eigenvalue weighted by molar-refractivity contribution is 5.72. The first-order valence-corrected chi connectivity index (χ1v) is 6.31. The van der Waals surface area contributed by atoms with Crippen LogP contribution in [0.5, 0.6) is 11.5 Å². The maximum atomic E-state index is 11.0. The first-order chi connectivity index (χ1) is 8.99. The van der Waals surface area contributed by atoms with Crippen LogP contribution in [0.3, 0.4) is 0 Å². The molecule has 1 heterocycles. The Morgan fingerprint density at radius 2 is 1.95 bits per heavy atom. The van der Waals surface area contributed by atoms with E-state index in [0.717, 1.165) is 22.6 Å². The molecule has 0 bridgehead atoms. The minimum absolute atomic E-state index is 0.521. The number of carboxylic acids is 1. The summed E-state index contributed by atoms with van der Waals surface area (Å²) in [7, 11) is 1.80. The van der Waals surface area contributed by atoms with E-state index in [4.69, 9.17) is 14.6 Å².